The molecule has 0 heterocycles. The summed E-state index contributed by atoms with van der Waals surface area (Å²) in [5, 5.41) is 0. The van der Waals surface area contributed by atoms with E-state index in [0.29, 0.717) is 25.4 Å². The number of carbonyl (C=O) groups is 1. The van der Waals surface area contributed by atoms with Crippen LogP contribution in [0.15, 0.2) is 42.5 Å². The number of ether oxygens (including phenoxy) is 3. The SMILES string of the molecule is CCCc1c(C=CC(=O)c2ccc(OCC)cc2)cc(OCC)cc1OCC. The van der Waals surface area contributed by atoms with Gasteiger partial charge in [0.15, 0.2) is 5.78 Å². The summed E-state index contributed by atoms with van der Waals surface area (Å²) in [5.74, 6) is 2.28. The monoisotopic (exact) mass is 382 g/mol. The van der Waals surface area contributed by atoms with Gasteiger partial charge in [0.25, 0.3) is 0 Å². The zero-order valence-corrected chi connectivity index (χ0v) is 17.3. The molecule has 0 spiro atoms. The van der Waals surface area contributed by atoms with Gasteiger partial charge in [-0.1, -0.05) is 19.4 Å². The van der Waals surface area contributed by atoms with Gasteiger partial charge in [-0.2, -0.15) is 0 Å². The molecule has 0 aliphatic heterocycles. The van der Waals surface area contributed by atoms with E-state index in [-0.39, 0.29) is 5.78 Å². The van der Waals surface area contributed by atoms with E-state index in [0.717, 1.165) is 41.2 Å². The fraction of sp³-hybridized carbons (Fsp3) is 0.375. The van der Waals surface area contributed by atoms with Crippen LogP contribution in [0.25, 0.3) is 6.08 Å². The standard InChI is InChI=1S/C24H30O4/c1-5-9-22-19(16-21(27-7-3)17-24(22)28-8-4)12-15-23(25)18-10-13-20(14-11-18)26-6-2/h10-17H,5-9H2,1-4H3. The Balaban J connectivity index is 2.31. The molecular formula is C24H30O4. The van der Waals surface area contributed by atoms with Crippen LogP contribution in [0.5, 0.6) is 17.2 Å². The highest BCUT2D eigenvalue weighted by Gasteiger charge is 2.12. The fourth-order valence-electron chi connectivity index (χ4n) is 2.98. The second kappa shape index (κ2) is 11.2. The summed E-state index contributed by atoms with van der Waals surface area (Å²) < 4.78 is 16.9. The Kier molecular flexibility index (Phi) is 8.60. The minimum atomic E-state index is -0.0507. The highest BCUT2D eigenvalue weighted by atomic mass is 16.5. The van der Waals surface area contributed by atoms with Crippen LogP contribution in [0.4, 0.5) is 0 Å². The minimum Gasteiger partial charge on any atom is -0.494 e. The normalized spacial score (nSPS) is 10.9. The van der Waals surface area contributed by atoms with Crippen LogP contribution in [-0.4, -0.2) is 25.6 Å². The molecule has 0 N–H and O–H groups in total. The van der Waals surface area contributed by atoms with E-state index >= 15 is 0 Å². The third-order valence-electron chi connectivity index (χ3n) is 4.19. The number of hydrogen-bond acceptors (Lipinski definition) is 4. The summed E-state index contributed by atoms with van der Waals surface area (Å²) >= 11 is 0. The average molecular weight is 383 g/mol. The van der Waals surface area contributed by atoms with Gasteiger partial charge < -0.3 is 14.2 Å². The van der Waals surface area contributed by atoms with Crippen molar-refractivity contribution in [2.75, 3.05) is 19.8 Å². The van der Waals surface area contributed by atoms with Crippen molar-refractivity contribution in [1.29, 1.82) is 0 Å². The van der Waals surface area contributed by atoms with Gasteiger partial charge in [-0.3, -0.25) is 4.79 Å². The summed E-state index contributed by atoms with van der Waals surface area (Å²) in [4.78, 5) is 12.6. The Labute approximate surface area is 168 Å². The van der Waals surface area contributed by atoms with E-state index in [4.69, 9.17) is 14.2 Å². The number of ketones is 1. The van der Waals surface area contributed by atoms with Gasteiger partial charge in [0, 0.05) is 17.2 Å². The Hall–Kier alpha value is -2.75. The first kappa shape index (κ1) is 21.5. The van der Waals surface area contributed by atoms with E-state index in [1.165, 1.54) is 0 Å². The molecule has 0 saturated heterocycles. The van der Waals surface area contributed by atoms with Crippen LogP contribution >= 0.6 is 0 Å². The maximum Gasteiger partial charge on any atom is 0.185 e. The minimum absolute atomic E-state index is 0.0507. The van der Waals surface area contributed by atoms with Crippen molar-refractivity contribution in [2.45, 2.75) is 40.5 Å². The van der Waals surface area contributed by atoms with Crippen LogP contribution in [-0.2, 0) is 6.42 Å². The average Bonchev–Trinajstić information content (AvgIpc) is 2.69. The Morgan fingerprint density at radius 3 is 2.11 bits per heavy atom. The van der Waals surface area contributed by atoms with E-state index in [2.05, 4.69) is 6.92 Å². The predicted molar refractivity (Wildman–Crippen MR) is 114 cm³/mol. The van der Waals surface area contributed by atoms with E-state index < -0.39 is 0 Å². The lowest BCUT2D eigenvalue weighted by Crippen LogP contribution is -2.02. The second-order valence-corrected chi connectivity index (χ2v) is 6.26. The van der Waals surface area contributed by atoms with Crippen LogP contribution in [0.3, 0.4) is 0 Å². The molecule has 0 aromatic heterocycles. The maximum atomic E-state index is 12.6. The molecule has 0 atom stereocenters. The lowest BCUT2D eigenvalue weighted by Gasteiger charge is -2.15. The molecule has 2 rings (SSSR count). The highest BCUT2D eigenvalue weighted by molar-refractivity contribution is 6.07. The second-order valence-electron chi connectivity index (χ2n) is 6.26. The first-order valence-electron chi connectivity index (χ1n) is 10.0. The molecule has 2 aromatic carbocycles. The van der Waals surface area contributed by atoms with Crippen molar-refractivity contribution in [1.82, 2.24) is 0 Å². The number of benzene rings is 2. The quantitative estimate of drug-likeness (QED) is 0.368. The molecule has 28 heavy (non-hydrogen) atoms. The predicted octanol–water partition coefficient (Wildman–Crippen LogP) is 5.73. The zero-order chi connectivity index (χ0) is 20.4. The molecule has 0 radical (unpaired) electrons. The van der Waals surface area contributed by atoms with Crippen molar-refractivity contribution in [2.24, 2.45) is 0 Å². The Morgan fingerprint density at radius 2 is 1.50 bits per heavy atom. The summed E-state index contributed by atoms with van der Waals surface area (Å²) in [7, 11) is 0. The van der Waals surface area contributed by atoms with Crippen LogP contribution < -0.4 is 14.2 Å². The number of carbonyl (C=O) groups excluding carboxylic acids is 1. The summed E-state index contributed by atoms with van der Waals surface area (Å²) in [6.07, 6.45) is 5.32. The van der Waals surface area contributed by atoms with E-state index in [1.54, 1.807) is 18.2 Å². The summed E-state index contributed by atoms with van der Waals surface area (Å²) in [6, 6.07) is 11.1. The van der Waals surface area contributed by atoms with Crippen molar-refractivity contribution in [3.63, 3.8) is 0 Å². The lowest BCUT2D eigenvalue weighted by atomic mass is 10.00. The topological polar surface area (TPSA) is 44.8 Å². The Bertz CT molecular complexity index is 791. The molecule has 0 unspecified atom stereocenters. The molecule has 0 fully saturated rings. The van der Waals surface area contributed by atoms with Crippen LogP contribution in [0.1, 0.15) is 55.6 Å². The molecule has 0 aliphatic carbocycles. The summed E-state index contributed by atoms with van der Waals surface area (Å²) in [5.41, 5.74) is 2.68. The van der Waals surface area contributed by atoms with Crippen molar-refractivity contribution >= 4 is 11.9 Å². The zero-order valence-electron chi connectivity index (χ0n) is 17.3. The smallest absolute Gasteiger partial charge is 0.185 e. The highest BCUT2D eigenvalue weighted by Crippen LogP contribution is 2.31. The number of hydrogen-bond donors (Lipinski definition) is 0. The molecular weight excluding hydrogens is 352 g/mol. The molecule has 4 heteroatoms. The number of allylic oxidation sites excluding steroid dienone is 1. The first-order chi connectivity index (χ1) is 13.6. The van der Waals surface area contributed by atoms with Crippen LogP contribution in [0, 0.1) is 0 Å². The van der Waals surface area contributed by atoms with Gasteiger partial charge in [0.2, 0.25) is 0 Å². The van der Waals surface area contributed by atoms with E-state index in [1.807, 2.05) is 51.1 Å². The third-order valence-corrected chi connectivity index (χ3v) is 4.19. The van der Waals surface area contributed by atoms with Crippen LogP contribution in [0.2, 0.25) is 0 Å². The maximum absolute atomic E-state index is 12.6. The molecule has 0 aliphatic rings. The van der Waals surface area contributed by atoms with Gasteiger partial charge in [0.05, 0.1) is 19.8 Å². The molecule has 4 nitrogen and oxygen atoms in total. The van der Waals surface area contributed by atoms with Gasteiger partial charge in [-0.05, 0) is 69.2 Å². The fourth-order valence-corrected chi connectivity index (χ4v) is 2.98. The lowest BCUT2D eigenvalue weighted by molar-refractivity contribution is 0.104. The Morgan fingerprint density at radius 1 is 0.857 bits per heavy atom. The van der Waals surface area contributed by atoms with Gasteiger partial charge in [-0.15, -0.1) is 0 Å². The van der Waals surface area contributed by atoms with Gasteiger partial charge in [0.1, 0.15) is 17.2 Å². The van der Waals surface area contributed by atoms with Crippen molar-refractivity contribution < 1.29 is 19.0 Å². The largest absolute Gasteiger partial charge is 0.494 e. The van der Waals surface area contributed by atoms with E-state index in [9.17, 15) is 4.79 Å². The van der Waals surface area contributed by atoms with Crippen molar-refractivity contribution in [3.05, 3.63) is 59.2 Å². The van der Waals surface area contributed by atoms with Crippen molar-refractivity contribution in [3.8, 4) is 17.2 Å². The molecule has 2 aromatic rings. The summed E-state index contributed by atoms with van der Waals surface area (Å²) in [6.45, 7) is 9.74. The third kappa shape index (κ3) is 5.88. The molecule has 150 valence electrons. The number of rotatable bonds is 11. The molecule has 0 bridgehead atoms. The molecule has 0 saturated carbocycles. The van der Waals surface area contributed by atoms with Gasteiger partial charge >= 0.3 is 0 Å². The molecule has 0 amide bonds. The first-order valence-corrected chi connectivity index (χ1v) is 10.0. The van der Waals surface area contributed by atoms with Gasteiger partial charge in [-0.25, -0.2) is 0 Å².